The molecule has 1 saturated heterocycles. The van der Waals surface area contributed by atoms with E-state index in [1.54, 1.807) is 37.0 Å². The average molecular weight is 584 g/mol. The minimum absolute atomic E-state index is 0.132. The summed E-state index contributed by atoms with van der Waals surface area (Å²) in [5, 5.41) is 13.1. The van der Waals surface area contributed by atoms with Crippen molar-refractivity contribution in [3.8, 4) is 5.75 Å². The summed E-state index contributed by atoms with van der Waals surface area (Å²) in [6, 6.07) is 6.76. The summed E-state index contributed by atoms with van der Waals surface area (Å²) in [6.07, 6.45) is -4.73. The maximum Gasteiger partial charge on any atom is 0.459 e. The second-order valence-electron chi connectivity index (χ2n) is 8.32. The number of aromatic nitrogens is 2. The largest absolute Gasteiger partial charge is 0.462 e. The SMILES string of the molecule is CC(C)OC(=O)[C@H](C)N[P@@](=O)(OC[C@H]1OC(n2cc(F)c(=O)[nH]c2=O)C(Cl)(Cl)[C@@H]1O)Oc1ccccc1. The van der Waals surface area contributed by atoms with Gasteiger partial charge >= 0.3 is 19.4 Å². The Hall–Kier alpha value is -2.25. The van der Waals surface area contributed by atoms with Gasteiger partial charge in [0.05, 0.1) is 18.9 Å². The molecule has 0 radical (unpaired) electrons. The lowest BCUT2D eigenvalue weighted by atomic mass is 10.2. The summed E-state index contributed by atoms with van der Waals surface area (Å²) in [7, 11) is -4.34. The number of aromatic amines is 1. The molecule has 0 bridgehead atoms. The predicted octanol–water partition coefficient (Wildman–Crippen LogP) is 2.24. The molecule has 2 aromatic rings. The Balaban J connectivity index is 1.82. The van der Waals surface area contributed by atoms with Crippen molar-refractivity contribution in [1.82, 2.24) is 14.6 Å². The van der Waals surface area contributed by atoms with Gasteiger partial charge in [0.15, 0.2) is 10.6 Å². The van der Waals surface area contributed by atoms with Crippen LogP contribution in [0.4, 0.5) is 4.39 Å². The van der Waals surface area contributed by atoms with Crippen molar-refractivity contribution in [2.24, 2.45) is 0 Å². The molecule has 1 aromatic carbocycles. The molecule has 0 saturated carbocycles. The molecule has 1 aliphatic rings. The van der Waals surface area contributed by atoms with Crippen LogP contribution < -0.4 is 20.9 Å². The van der Waals surface area contributed by atoms with E-state index in [1.807, 2.05) is 0 Å². The Morgan fingerprint density at radius 2 is 1.95 bits per heavy atom. The zero-order valence-electron chi connectivity index (χ0n) is 19.8. The molecule has 2 heterocycles. The number of nitrogens with zero attached hydrogens (tertiary/aromatic N) is 1. The van der Waals surface area contributed by atoms with E-state index in [-0.39, 0.29) is 5.75 Å². The number of H-pyrrole nitrogens is 1. The number of hydrogen-bond donors (Lipinski definition) is 3. The lowest BCUT2D eigenvalue weighted by molar-refractivity contribution is -0.149. The van der Waals surface area contributed by atoms with Crippen LogP contribution in [0.15, 0.2) is 46.1 Å². The molecule has 1 aromatic heterocycles. The molecule has 12 nitrogen and oxygen atoms in total. The van der Waals surface area contributed by atoms with E-state index in [4.69, 9.17) is 41.7 Å². The summed E-state index contributed by atoms with van der Waals surface area (Å²) in [6.45, 7) is 4.00. The fourth-order valence-corrected chi connectivity index (χ4v) is 5.34. The number of aliphatic hydroxyl groups excluding tert-OH is 1. The minimum Gasteiger partial charge on any atom is -0.462 e. The van der Waals surface area contributed by atoms with Crippen LogP contribution in [0.1, 0.15) is 27.0 Å². The topological polar surface area (TPSA) is 158 Å². The smallest absolute Gasteiger partial charge is 0.459 e. The molecule has 37 heavy (non-hydrogen) atoms. The molecule has 204 valence electrons. The van der Waals surface area contributed by atoms with Crippen LogP contribution in [0.5, 0.6) is 5.75 Å². The minimum atomic E-state index is -4.34. The Kier molecular flexibility index (Phi) is 9.23. The number of carbonyl (C=O) groups is 1. The van der Waals surface area contributed by atoms with Gasteiger partial charge in [0.25, 0.3) is 5.56 Å². The number of halogens is 3. The fraction of sp³-hybridized carbons (Fsp3) is 0.476. The number of rotatable bonds is 10. The van der Waals surface area contributed by atoms with E-state index in [0.29, 0.717) is 10.8 Å². The third-order valence-corrected chi connectivity index (χ3v) is 7.46. The first-order valence-corrected chi connectivity index (χ1v) is 13.2. The van der Waals surface area contributed by atoms with Gasteiger partial charge in [-0.15, -0.1) is 0 Å². The highest BCUT2D eigenvalue weighted by Crippen LogP contribution is 2.49. The van der Waals surface area contributed by atoms with Crippen molar-refractivity contribution >= 4 is 36.9 Å². The van der Waals surface area contributed by atoms with Crippen LogP contribution in [0, 0.1) is 5.82 Å². The summed E-state index contributed by atoms with van der Waals surface area (Å²) in [5.74, 6) is -1.92. The van der Waals surface area contributed by atoms with Crippen molar-refractivity contribution in [2.75, 3.05) is 6.61 Å². The summed E-state index contributed by atoms with van der Waals surface area (Å²) in [4.78, 5) is 37.5. The molecule has 5 atom stereocenters. The fourth-order valence-electron chi connectivity index (χ4n) is 3.25. The van der Waals surface area contributed by atoms with Gasteiger partial charge < -0.3 is 19.1 Å². The van der Waals surface area contributed by atoms with E-state index < -0.39 is 72.3 Å². The first kappa shape index (κ1) is 29.3. The molecule has 1 aliphatic heterocycles. The second kappa shape index (κ2) is 11.6. The van der Waals surface area contributed by atoms with Crippen LogP contribution in [0.25, 0.3) is 0 Å². The average Bonchev–Trinajstić information content (AvgIpc) is 3.03. The molecular formula is C21H25Cl2FN3O9P. The highest BCUT2D eigenvalue weighted by atomic mass is 35.5. The zero-order valence-corrected chi connectivity index (χ0v) is 22.2. The van der Waals surface area contributed by atoms with E-state index >= 15 is 0 Å². The van der Waals surface area contributed by atoms with E-state index in [9.17, 15) is 28.4 Å². The quantitative estimate of drug-likeness (QED) is 0.215. The van der Waals surface area contributed by atoms with Crippen LogP contribution in [0.2, 0.25) is 0 Å². The van der Waals surface area contributed by atoms with Gasteiger partial charge in [0.1, 0.15) is 24.0 Å². The van der Waals surface area contributed by atoms with Crippen molar-refractivity contribution in [1.29, 1.82) is 0 Å². The van der Waals surface area contributed by atoms with Gasteiger partial charge in [-0.05, 0) is 32.9 Å². The zero-order chi connectivity index (χ0) is 27.5. The first-order chi connectivity index (χ1) is 17.2. The maximum atomic E-state index is 13.8. The Labute approximate surface area is 220 Å². The first-order valence-electron chi connectivity index (χ1n) is 10.9. The number of hydrogen-bond acceptors (Lipinski definition) is 9. The molecule has 0 amide bonds. The summed E-state index contributed by atoms with van der Waals surface area (Å²) in [5.41, 5.74) is -2.38. The van der Waals surface area contributed by atoms with E-state index in [0.717, 1.165) is 0 Å². The third-order valence-electron chi connectivity index (χ3n) is 4.99. The molecule has 0 aliphatic carbocycles. The van der Waals surface area contributed by atoms with Crippen LogP contribution in [-0.2, 0) is 23.4 Å². The number of para-hydroxylation sites is 1. The molecule has 0 spiro atoms. The monoisotopic (exact) mass is 583 g/mol. The number of nitrogens with one attached hydrogen (secondary N) is 2. The molecular weight excluding hydrogens is 559 g/mol. The number of aliphatic hydroxyl groups is 1. The Bertz CT molecular complexity index is 1270. The molecule has 3 rings (SSSR count). The number of alkyl halides is 2. The Morgan fingerprint density at radius 3 is 2.57 bits per heavy atom. The Morgan fingerprint density at radius 1 is 1.30 bits per heavy atom. The highest BCUT2D eigenvalue weighted by molar-refractivity contribution is 7.52. The lowest BCUT2D eigenvalue weighted by Crippen LogP contribution is -2.42. The molecule has 1 fully saturated rings. The third kappa shape index (κ3) is 6.99. The number of carbonyl (C=O) groups excluding carboxylic acids is 1. The van der Waals surface area contributed by atoms with E-state index in [2.05, 4.69) is 5.09 Å². The van der Waals surface area contributed by atoms with Gasteiger partial charge in [-0.1, -0.05) is 41.4 Å². The standard InChI is InChI=1S/C21H25Cl2FN3O9P/c1-11(2)34-18(30)12(3)26-37(32,36-13-7-5-4-6-8-13)33-10-15-16(28)21(22,23)19(35-15)27-9-14(24)17(29)25-20(27)31/h4-9,11-12,15-16,19,28H,10H2,1-3H3,(H,26,32)(H,25,29,31)/t12-,15+,16+,19?,37+/m0/s1. The van der Waals surface area contributed by atoms with Crippen LogP contribution >= 0.6 is 30.9 Å². The maximum absolute atomic E-state index is 13.8. The van der Waals surface area contributed by atoms with Crippen molar-refractivity contribution in [3.05, 3.63) is 63.2 Å². The van der Waals surface area contributed by atoms with Gasteiger partial charge in [-0.25, -0.2) is 9.36 Å². The van der Waals surface area contributed by atoms with Gasteiger partial charge in [-0.2, -0.15) is 9.48 Å². The molecule has 16 heteroatoms. The van der Waals surface area contributed by atoms with Gasteiger partial charge in [-0.3, -0.25) is 23.7 Å². The second-order valence-corrected chi connectivity index (χ2v) is 11.5. The molecule has 3 N–H and O–H groups in total. The van der Waals surface area contributed by atoms with E-state index in [1.165, 1.54) is 19.1 Å². The van der Waals surface area contributed by atoms with Crippen LogP contribution in [-0.4, -0.2) is 55.9 Å². The number of benzene rings is 1. The lowest BCUT2D eigenvalue weighted by Gasteiger charge is -2.25. The van der Waals surface area contributed by atoms with Gasteiger partial charge in [0.2, 0.25) is 5.82 Å². The normalized spacial score (nSPS) is 23.4. The summed E-state index contributed by atoms with van der Waals surface area (Å²) >= 11 is 12.4. The number of esters is 1. The summed E-state index contributed by atoms with van der Waals surface area (Å²) < 4.78 is 47.3. The van der Waals surface area contributed by atoms with Crippen molar-refractivity contribution < 1.29 is 37.4 Å². The highest BCUT2D eigenvalue weighted by Gasteiger charge is 2.56. The number of ether oxygens (including phenoxy) is 2. The van der Waals surface area contributed by atoms with Crippen molar-refractivity contribution in [3.63, 3.8) is 0 Å². The van der Waals surface area contributed by atoms with Crippen molar-refractivity contribution in [2.45, 2.75) is 55.7 Å². The van der Waals surface area contributed by atoms with Gasteiger partial charge in [0, 0.05) is 0 Å². The molecule has 1 unspecified atom stereocenters. The predicted molar refractivity (Wildman–Crippen MR) is 130 cm³/mol. The van der Waals surface area contributed by atoms with Crippen LogP contribution in [0.3, 0.4) is 0 Å².